The molecule has 0 amide bonds. The molecule has 552 valence electrons. The number of benzene rings is 6. The van der Waals surface area contributed by atoms with E-state index in [1.165, 1.54) is 305 Å². The average Bonchev–Trinajstić information content (AvgIpc) is 0.974. The second-order valence-corrected chi connectivity index (χ2v) is 29.8. The second-order valence-electron chi connectivity index (χ2n) is 29.8. The van der Waals surface area contributed by atoms with E-state index in [2.05, 4.69) is 236 Å². The van der Waals surface area contributed by atoms with E-state index in [9.17, 15) is 0 Å². The molecule has 0 saturated carbocycles. The number of aryl methyl sites for hydroxylation is 11. The maximum atomic E-state index is 8.72. The quantitative estimate of drug-likeness (QED) is 0.0374. The Bertz CT molecular complexity index is 2620. The van der Waals surface area contributed by atoms with Crippen LogP contribution in [0.25, 0.3) is 0 Å². The van der Waals surface area contributed by atoms with Gasteiger partial charge in [-0.1, -0.05) is 345 Å². The molecule has 0 spiro atoms. The lowest BCUT2D eigenvalue weighted by molar-refractivity contribution is 0.282. The van der Waals surface area contributed by atoms with Gasteiger partial charge in [-0.3, -0.25) is 0 Å². The zero-order valence-corrected chi connectivity index (χ0v) is 66.6. The fourth-order valence-corrected chi connectivity index (χ4v) is 12.5. The zero-order chi connectivity index (χ0) is 71.8. The van der Waals surface area contributed by atoms with Crippen molar-refractivity contribution >= 4 is 0 Å². The molecular formula is C96H156O2. The van der Waals surface area contributed by atoms with Crippen LogP contribution < -0.4 is 0 Å². The van der Waals surface area contributed by atoms with E-state index in [0.29, 0.717) is 18.6 Å². The number of aliphatic hydroxyl groups excluding tert-OH is 2. The monoisotopic (exact) mass is 1340 g/mol. The summed E-state index contributed by atoms with van der Waals surface area (Å²) in [6, 6.07) is 54.7. The summed E-state index contributed by atoms with van der Waals surface area (Å²) in [4.78, 5) is 0. The molecular weight excluding hydrogens is 1190 g/mol. The van der Waals surface area contributed by atoms with E-state index < -0.39 is 0 Å². The number of unbranched alkanes of at least 4 members (excludes halogenated alkanes) is 17. The standard InChI is InChI=1S/C19H32.C16H26O.2C16H26.C15H24.C14H22O/c1-4-7-11-17-12-10-15-19(16-17)18(13-8-5-2)14-9-6-3;1-2-3-9-15-11-8-12-16(14-15)10-6-4-5-7-13-17;1-5-6-8-14-9-7-10-15(13-14)11-12-16(2,3)4;1-3-5-7-8-11-16-13-9-12-15(14-16)10-6-4-2;1-3-5-7-10-15-12-8-11-14(13-15)9-6-4-2;1-2-3-7-13-9-6-10-14(12-13)8-4-5-11-15/h10,12,15-16,18H,4-9,11,13-14H2,1-3H3;8,11-12,14,17H,2-7,9-10,13H2,1H3;7,9-10,13H,5-6,8,11-12H2,1-4H3;9,12-14H,3-8,10-11H2,1-2H3;8,11-13H,3-7,9-10H2,1-2H3;6,9-10,12,15H,2-5,7-8,11H2,1H3. The van der Waals surface area contributed by atoms with Crippen LogP contribution in [0.5, 0.6) is 0 Å². The molecule has 6 rings (SSSR count). The van der Waals surface area contributed by atoms with Gasteiger partial charge in [0.1, 0.15) is 0 Å². The molecule has 6 aromatic carbocycles. The Morgan fingerprint density at radius 1 is 0.235 bits per heavy atom. The molecule has 0 radical (unpaired) electrons. The molecule has 0 saturated heterocycles. The molecule has 0 atom stereocenters. The van der Waals surface area contributed by atoms with Gasteiger partial charge in [-0.25, -0.2) is 0 Å². The summed E-state index contributed by atoms with van der Waals surface area (Å²) in [5.41, 5.74) is 18.5. The normalized spacial score (nSPS) is 10.9. The third kappa shape index (κ3) is 51.4. The van der Waals surface area contributed by atoms with Crippen LogP contribution in [-0.2, 0) is 70.6 Å². The van der Waals surface area contributed by atoms with Crippen LogP contribution in [-0.4, -0.2) is 23.4 Å². The van der Waals surface area contributed by atoms with Gasteiger partial charge in [0.05, 0.1) is 0 Å². The summed E-state index contributed by atoms with van der Waals surface area (Å²) in [6.07, 6.45) is 54.4. The maximum absolute atomic E-state index is 8.72. The Morgan fingerprint density at radius 3 is 0.735 bits per heavy atom. The summed E-state index contributed by atoms with van der Waals surface area (Å²) in [6.45, 7) is 30.2. The average molecular weight is 1340 g/mol. The Morgan fingerprint density at radius 2 is 0.449 bits per heavy atom. The van der Waals surface area contributed by atoms with E-state index in [4.69, 9.17) is 10.2 Å². The summed E-state index contributed by atoms with van der Waals surface area (Å²) in [5, 5.41) is 17.4. The number of rotatable bonds is 46. The highest BCUT2D eigenvalue weighted by molar-refractivity contribution is 5.29. The first-order valence-corrected chi connectivity index (χ1v) is 41.5. The van der Waals surface area contributed by atoms with E-state index >= 15 is 0 Å². The Kier molecular flexibility index (Phi) is 59.9. The van der Waals surface area contributed by atoms with Crippen molar-refractivity contribution in [2.75, 3.05) is 13.2 Å². The van der Waals surface area contributed by atoms with Gasteiger partial charge in [-0.05, 0) is 245 Å². The van der Waals surface area contributed by atoms with Crippen molar-refractivity contribution in [2.24, 2.45) is 5.41 Å². The van der Waals surface area contributed by atoms with E-state index in [0.717, 1.165) is 38.0 Å². The molecule has 2 N–H and O–H groups in total. The molecule has 2 heteroatoms. The Labute approximate surface area is 609 Å². The minimum atomic E-state index is 0.315. The molecule has 0 aliphatic rings. The van der Waals surface area contributed by atoms with Crippen molar-refractivity contribution < 1.29 is 10.2 Å². The fraction of sp³-hybridized carbons (Fsp3) is 0.625. The third-order valence-corrected chi connectivity index (χ3v) is 18.9. The number of aliphatic hydroxyl groups is 2. The SMILES string of the molecule is CCCCCCc1cccc(CCCC)c1.CCCCCc1cccc(CCCC)c1.CCCCc1cccc(C(CCCC)CCCC)c1.CCCCc1cccc(CCC(C)(C)C)c1.CCCCc1cccc(CCCCCCO)c1.CCCCc1cccc(CCCCO)c1. The van der Waals surface area contributed by atoms with Crippen LogP contribution in [0.15, 0.2) is 146 Å². The topological polar surface area (TPSA) is 40.5 Å². The largest absolute Gasteiger partial charge is 0.396 e. The lowest BCUT2D eigenvalue weighted by Gasteiger charge is -2.18. The molecule has 0 unspecified atom stereocenters. The lowest BCUT2D eigenvalue weighted by atomic mass is 9.88. The molecule has 0 bridgehead atoms. The lowest BCUT2D eigenvalue weighted by Crippen LogP contribution is -2.06. The number of hydrogen-bond donors (Lipinski definition) is 2. The fourth-order valence-electron chi connectivity index (χ4n) is 12.5. The Hall–Kier alpha value is -4.76. The van der Waals surface area contributed by atoms with Gasteiger partial charge in [0.15, 0.2) is 0 Å². The van der Waals surface area contributed by atoms with Crippen molar-refractivity contribution in [3.05, 3.63) is 212 Å². The van der Waals surface area contributed by atoms with Crippen LogP contribution in [0.4, 0.5) is 0 Å². The molecule has 0 aliphatic heterocycles. The first-order chi connectivity index (χ1) is 47.8. The summed E-state index contributed by atoms with van der Waals surface area (Å²) in [7, 11) is 0. The first-order valence-electron chi connectivity index (χ1n) is 41.5. The van der Waals surface area contributed by atoms with Crippen LogP contribution in [0, 0.1) is 5.41 Å². The highest BCUT2D eigenvalue weighted by atomic mass is 16.3. The highest BCUT2D eigenvalue weighted by Gasteiger charge is 2.12. The maximum Gasteiger partial charge on any atom is 0.0431 e. The number of hydrogen-bond acceptors (Lipinski definition) is 2. The minimum Gasteiger partial charge on any atom is -0.396 e. The zero-order valence-electron chi connectivity index (χ0n) is 66.6. The van der Waals surface area contributed by atoms with Crippen LogP contribution in [0.1, 0.15) is 368 Å². The van der Waals surface area contributed by atoms with Gasteiger partial charge in [0.25, 0.3) is 0 Å². The van der Waals surface area contributed by atoms with Gasteiger partial charge < -0.3 is 10.2 Å². The molecule has 0 heterocycles. The van der Waals surface area contributed by atoms with Crippen molar-refractivity contribution in [3.8, 4) is 0 Å². The molecule has 0 aromatic heterocycles. The van der Waals surface area contributed by atoms with Crippen molar-refractivity contribution in [2.45, 2.75) is 372 Å². The van der Waals surface area contributed by atoms with Crippen LogP contribution in [0.2, 0.25) is 0 Å². The summed E-state index contributed by atoms with van der Waals surface area (Å²) in [5.74, 6) is 0.793. The molecule has 6 aromatic rings. The summed E-state index contributed by atoms with van der Waals surface area (Å²) >= 11 is 0. The highest BCUT2D eigenvalue weighted by Crippen LogP contribution is 2.29. The molecule has 2 nitrogen and oxygen atoms in total. The van der Waals surface area contributed by atoms with Gasteiger partial charge in [-0.15, -0.1) is 0 Å². The van der Waals surface area contributed by atoms with Gasteiger partial charge in [-0.2, -0.15) is 0 Å². The Balaban J connectivity index is 0.000000589. The van der Waals surface area contributed by atoms with Crippen molar-refractivity contribution in [3.63, 3.8) is 0 Å². The van der Waals surface area contributed by atoms with E-state index in [-0.39, 0.29) is 0 Å². The minimum absolute atomic E-state index is 0.315. The predicted molar refractivity (Wildman–Crippen MR) is 440 cm³/mol. The molecule has 98 heavy (non-hydrogen) atoms. The predicted octanol–water partition coefficient (Wildman–Crippen LogP) is 28.9. The molecule has 0 aliphatic carbocycles. The smallest absolute Gasteiger partial charge is 0.0431 e. The second kappa shape index (κ2) is 64.3. The van der Waals surface area contributed by atoms with Crippen molar-refractivity contribution in [1.82, 2.24) is 0 Å². The summed E-state index contributed by atoms with van der Waals surface area (Å²) < 4.78 is 0. The van der Waals surface area contributed by atoms with Gasteiger partial charge >= 0.3 is 0 Å². The van der Waals surface area contributed by atoms with Crippen molar-refractivity contribution in [1.29, 1.82) is 0 Å². The van der Waals surface area contributed by atoms with Gasteiger partial charge in [0, 0.05) is 13.2 Å². The van der Waals surface area contributed by atoms with E-state index in [1.807, 2.05) is 0 Å². The molecule has 0 fully saturated rings. The first kappa shape index (κ1) is 91.3. The van der Waals surface area contributed by atoms with Crippen LogP contribution >= 0.6 is 0 Å². The van der Waals surface area contributed by atoms with Crippen LogP contribution in [0.3, 0.4) is 0 Å². The van der Waals surface area contributed by atoms with E-state index in [1.54, 1.807) is 5.56 Å². The van der Waals surface area contributed by atoms with Gasteiger partial charge in [0.2, 0.25) is 0 Å². The third-order valence-electron chi connectivity index (χ3n) is 18.9.